The molecule has 0 fully saturated rings. The molecule has 0 radical (unpaired) electrons. The highest BCUT2D eigenvalue weighted by atomic mass is 35.5. The maximum atomic E-state index is 12.6. The van der Waals surface area contributed by atoms with Crippen LogP contribution >= 0.6 is 22.9 Å². The minimum atomic E-state index is -0.186. The van der Waals surface area contributed by atoms with E-state index in [1.165, 1.54) is 0 Å². The molecule has 146 valence electrons. The van der Waals surface area contributed by atoms with Crippen molar-refractivity contribution in [1.29, 1.82) is 0 Å². The van der Waals surface area contributed by atoms with Crippen molar-refractivity contribution >= 4 is 40.4 Å². The Balaban J connectivity index is 1.85. The van der Waals surface area contributed by atoms with E-state index in [4.69, 9.17) is 16.3 Å². The second-order valence-corrected chi connectivity index (χ2v) is 7.58. The fourth-order valence-corrected chi connectivity index (χ4v) is 3.30. The Bertz CT molecular complexity index is 722. The number of hydrogen-bond acceptors (Lipinski definition) is 5. The first-order chi connectivity index (χ1) is 13.0. The van der Waals surface area contributed by atoms with Gasteiger partial charge in [0.25, 0.3) is 0 Å². The number of halogens is 1. The third kappa shape index (κ3) is 7.68. The highest BCUT2D eigenvalue weighted by molar-refractivity contribution is 7.09. The summed E-state index contributed by atoms with van der Waals surface area (Å²) in [6, 6.07) is 10.9. The molecule has 0 bridgehead atoms. The summed E-state index contributed by atoms with van der Waals surface area (Å²) in [5.74, 6) is -0.225. The smallest absolute Gasteiger partial charge is 0.238 e. The average molecular weight is 410 g/mol. The molecule has 6 nitrogen and oxygen atoms in total. The minimum Gasteiger partial charge on any atom is -0.383 e. The zero-order chi connectivity index (χ0) is 19.6. The highest BCUT2D eigenvalue weighted by Gasteiger charge is 2.18. The fourth-order valence-electron chi connectivity index (χ4n) is 2.45. The van der Waals surface area contributed by atoms with Crippen LogP contribution in [0.2, 0.25) is 5.02 Å². The number of likely N-dealkylation sites (N-methyl/N-ethyl adjacent to an activating group) is 1. The van der Waals surface area contributed by atoms with Crippen LogP contribution in [-0.4, -0.2) is 62.0 Å². The largest absolute Gasteiger partial charge is 0.383 e. The molecule has 27 heavy (non-hydrogen) atoms. The summed E-state index contributed by atoms with van der Waals surface area (Å²) in [5.41, 5.74) is 0.670. The van der Waals surface area contributed by atoms with Crippen LogP contribution in [0.3, 0.4) is 0 Å². The molecule has 0 saturated carbocycles. The maximum Gasteiger partial charge on any atom is 0.238 e. The lowest BCUT2D eigenvalue weighted by atomic mass is 10.3. The molecular formula is C19H24ClN3O3S. The van der Waals surface area contributed by atoms with E-state index in [1.54, 1.807) is 59.6 Å². The number of hydrogen-bond donors (Lipinski definition) is 1. The number of nitrogens with one attached hydrogen (secondary N) is 1. The number of rotatable bonds is 10. The van der Waals surface area contributed by atoms with Crippen molar-refractivity contribution in [2.75, 3.05) is 45.7 Å². The van der Waals surface area contributed by atoms with Crippen molar-refractivity contribution < 1.29 is 14.3 Å². The van der Waals surface area contributed by atoms with Gasteiger partial charge in [-0.15, -0.1) is 11.3 Å². The molecule has 1 N–H and O–H groups in total. The van der Waals surface area contributed by atoms with Gasteiger partial charge in [-0.1, -0.05) is 17.7 Å². The molecule has 1 aromatic heterocycles. The topological polar surface area (TPSA) is 61.9 Å². The lowest BCUT2D eigenvalue weighted by Gasteiger charge is -2.24. The highest BCUT2D eigenvalue weighted by Crippen LogP contribution is 2.14. The van der Waals surface area contributed by atoms with Gasteiger partial charge >= 0.3 is 0 Å². The fraction of sp³-hybridized carbons (Fsp3) is 0.368. The van der Waals surface area contributed by atoms with Crippen LogP contribution in [0.15, 0.2) is 41.8 Å². The summed E-state index contributed by atoms with van der Waals surface area (Å²) in [6.45, 7) is 1.80. The number of thiophene rings is 1. The van der Waals surface area contributed by atoms with E-state index >= 15 is 0 Å². The Morgan fingerprint density at radius 1 is 1.19 bits per heavy atom. The summed E-state index contributed by atoms with van der Waals surface area (Å²) in [5, 5.41) is 5.39. The molecule has 2 rings (SSSR count). The molecule has 0 aliphatic heterocycles. The zero-order valence-corrected chi connectivity index (χ0v) is 17.1. The molecule has 2 aromatic rings. The lowest BCUT2D eigenvalue weighted by Crippen LogP contribution is -2.42. The van der Waals surface area contributed by atoms with Crippen molar-refractivity contribution in [1.82, 2.24) is 9.80 Å². The molecule has 8 heteroatoms. The van der Waals surface area contributed by atoms with Crippen LogP contribution in [0, 0.1) is 0 Å². The van der Waals surface area contributed by atoms with Crippen LogP contribution in [0.25, 0.3) is 0 Å². The molecule has 1 heterocycles. The lowest BCUT2D eigenvalue weighted by molar-refractivity contribution is -0.133. The van der Waals surface area contributed by atoms with E-state index in [0.717, 1.165) is 4.88 Å². The van der Waals surface area contributed by atoms with Crippen LogP contribution in [0.1, 0.15) is 4.88 Å². The second-order valence-electron chi connectivity index (χ2n) is 6.11. The molecule has 0 spiro atoms. The monoisotopic (exact) mass is 409 g/mol. The van der Waals surface area contributed by atoms with Gasteiger partial charge in [0.1, 0.15) is 0 Å². The molecule has 0 atom stereocenters. The van der Waals surface area contributed by atoms with Gasteiger partial charge in [0.15, 0.2) is 0 Å². The third-order valence-corrected chi connectivity index (χ3v) is 4.90. The first-order valence-electron chi connectivity index (χ1n) is 8.51. The predicted octanol–water partition coefficient (Wildman–Crippen LogP) is 2.95. The number of anilines is 1. The van der Waals surface area contributed by atoms with Gasteiger partial charge in [-0.05, 0) is 42.8 Å². The number of benzene rings is 1. The van der Waals surface area contributed by atoms with Gasteiger partial charge in [-0.2, -0.15) is 0 Å². The first kappa shape index (κ1) is 21.4. The molecule has 2 amide bonds. The summed E-state index contributed by atoms with van der Waals surface area (Å²) >= 11 is 7.45. The quantitative estimate of drug-likeness (QED) is 0.655. The molecule has 0 saturated heterocycles. The Hall–Kier alpha value is -1.93. The van der Waals surface area contributed by atoms with Crippen molar-refractivity contribution in [3.8, 4) is 0 Å². The summed E-state index contributed by atoms with van der Waals surface area (Å²) in [4.78, 5) is 29.4. The number of nitrogens with zero attached hydrogens (tertiary/aromatic N) is 2. The predicted molar refractivity (Wildman–Crippen MR) is 109 cm³/mol. The Labute approximate surface area is 168 Å². The van der Waals surface area contributed by atoms with Crippen molar-refractivity contribution in [2.45, 2.75) is 6.54 Å². The third-order valence-electron chi connectivity index (χ3n) is 3.79. The first-order valence-corrected chi connectivity index (χ1v) is 9.76. The van der Waals surface area contributed by atoms with Gasteiger partial charge < -0.3 is 15.0 Å². The summed E-state index contributed by atoms with van der Waals surface area (Å²) < 4.78 is 5.11. The maximum absolute atomic E-state index is 12.6. The van der Waals surface area contributed by atoms with Gasteiger partial charge in [-0.3, -0.25) is 14.5 Å². The van der Waals surface area contributed by atoms with Gasteiger partial charge in [0.2, 0.25) is 11.8 Å². The van der Waals surface area contributed by atoms with E-state index in [9.17, 15) is 9.59 Å². The number of ether oxygens (including phenoxy) is 1. The van der Waals surface area contributed by atoms with Crippen LogP contribution in [0.5, 0.6) is 0 Å². The van der Waals surface area contributed by atoms with Gasteiger partial charge in [0.05, 0.1) is 26.2 Å². The summed E-state index contributed by atoms with van der Waals surface area (Å²) in [6.07, 6.45) is 0. The average Bonchev–Trinajstić information content (AvgIpc) is 3.13. The van der Waals surface area contributed by atoms with Crippen molar-refractivity contribution in [2.24, 2.45) is 0 Å². The normalized spacial score (nSPS) is 10.8. The SMILES string of the molecule is COCCN(Cc1cccs1)C(=O)CN(C)CC(=O)Nc1ccc(Cl)cc1. The van der Waals surface area contributed by atoms with Crippen LogP contribution < -0.4 is 5.32 Å². The Kier molecular flexibility index (Phi) is 8.74. The zero-order valence-electron chi connectivity index (χ0n) is 15.5. The van der Waals surface area contributed by atoms with Crippen molar-refractivity contribution in [3.63, 3.8) is 0 Å². The number of carbonyl (C=O) groups is 2. The van der Waals surface area contributed by atoms with E-state index in [0.29, 0.717) is 30.4 Å². The van der Waals surface area contributed by atoms with Gasteiger partial charge in [-0.25, -0.2) is 0 Å². The van der Waals surface area contributed by atoms with Crippen LogP contribution in [-0.2, 0) is 20.9 Å². The number of amides is 2. The minimum absolute atomic E-state index is 0.0396. The standard InChI is InChI=1S/C19H24ClN3O3S/c1-22(13-18(24)21-16-7-5-15(20)6-8-16)14-19(25)23(9-10-26-2)12-17-4-3-11-27-17/h3-8,11H,9-10,12-14H2,1-2H3,(H,21,24). The van der Waals surface area contributed by atoms with Crippen LogP contribution in [0.4, 0.5) is 5.69 Å². The Morgan fingerprint density at radius 2 is 1.93 bits per heavy atom. The van der Waals surface area contributed by atoms with Gasteiger partial charge in [0, 0.05) is 29.2 Å². The molecule has 0 aliphatic carbocycles. The molecule has 1 aromatic carbocycles. The summed E-state index contributed by atoms with van der Waals surface area (Å²) in [7, 11) is 3.36. The number of methoxy groups -OCH3 is 1. The Morgan fingerprint density at radius 3 is 2.56 bits per heavy atom. The van der Waals surface area contributed by atoms with E-state index in [1.807, 2.05) is 17.5 Å². The van der Waals surface area contributed by atoms with E-state index in [2.05, 4.69) is 5.32 Å². The molecular weight excluding hydrogens is 386 g/mol. The number of carbonyl (C=O) groups excluding carboxylic acids is 2. The van der Waals surface area contributed by atoms with E-state index < -0.39 is 0 Å². The van der Waals surface area contributed by atoms with E-state index in [-0.39, 0.29) is 24.9 Å². The molecule has 0 aliphatic rings. The second kappa shape index (κ2) is 11.0. The molecule has 0 unspecified atom stereocenters. The van der Waals surface area contributed by atoms with Crippen molar-refractivity contribution in [3.05, 3.63) is 51.7 Å².